The second-order valence-corrected chi connectivity index (χ2v) is 3.36. The van der Waals surface area contributed by atoms with Crippen LogP contribution in [-0.2, 0) is 19.1 Å². The molecule has 98 valence electrons. The summed E-state index contributed by atoms with van der Waals surface area (Å²) in [6.07, 6.45) is -8.16. The number of nitrogens with two attached hydrogens (primary N) is 1. The van der Waals surface area contributed by atoms with Gasteiger partial charge in [-0.3, -0.25) is 4.98 Å². The predicted molar refractivity (Wildman–Crippen MR) is 51.4 cm³/mol. The molecule has 0 aliphatic heterocycles. The molecule has 0 aliphatic rings. The molecule has 1 aromatic rings. The maximum atomic E-state index is 12.8. The topological polar surface area (TPSA) is 62.7 Å². The number of aromatic nitrogens is 1. The SMILES string of the molecule is N#CCc1c(CN)cnc(C(F)(F)F)c1C(F)F. The van der Waals surface area contributed by atoms with E-state index in [4.69, 9.17) is 11.0 Å². The fourth-order valence-electron chi connectivity index (χ4n) is 1.53. The van der Waals surface area contributed by atoms with E-state index in [-0.39, 0.29) is 12.1 Å². The van der Waals surface area contributed by atoms with Crippen LogP contribution in [-0.4, -0.2) is 4.98 Å². The minimum absolute atomic E-state index is 0.0138. The molecule has 0 bridgehead atoms. The lowest BCUT2D eigenvalue weighted by atomic mass is 9.98. The van der Waals surface area contributed by atoms with Gasteiger partial charge in [-0.15, -0.1) is 0 Å². The van der Waals surface area contributed by atoms with E-state index in [0.29, 0.717) is 0 Å². The van der Waals surface area contributed by atoms with Crippen LogP contribution < -0.4 is 5.73 Å². The molecule has 0 radical (unpaired) electrons. The molecule has 0 saturated carbocycles. The molecule has 0 unspecified atom stereocenters. The van der Waals surface area contributed by atoms with Gasteiger partial charge in [-0.2, -0.15) is 18.4 Å². The summed E-state index contributed by atoms with van der Waals surface area (Å²) >= 11 is 0. The second kappa shape index (κ2) is 5.27. The molecule has 0 saturated heterocycles. The highest BCUT2D eigenvalue weighted by molar-refractivity contribution is 5.40. The Hall–Kier alpha value is -1.75. The van der Waals surface area contributed by atoms with Crippen LogP contribution in [0.15, 0.2) is 6.20 Å². The van der Waals surface area contributed by atoms with E-state index in [1.807, 2.05) is 0 Å². The van der Waals surface area contributed by atoms with E-state index in [1.165, 1.54) is 0 Å². The fraction of sp³-hybridized carbons (Fsp3) is 0.400. The Labute approximate surface area is 99.0 Å². The Morgan fingerprint density at radius 1 is 1.39 bits per heavy atom. The van der Waals surface area contributed by atoms with Crippen LogP contribution in [0.5, 0.6) is 0 Å². The minimum Gasteiger partial charge on any atom is -0.326 e. The molecule has 0 fully saturated rings. The van der Waals surface area contributed by atoms with Gasteiger partial charge in [0.25, 0.3) is 6.43 Å². The first kappa shape index (κ1) is 14.3. The molecule has 0 spiro atoms. The smallest absolute Gasteiger partial charge is 0.326 e. The van der Waals surface area contributed by atoms with E-state index in [9.17, 15) is 22.0 Å². The van der Waals surface area contributed by atoms with Gasteiger partial charge < -0.3 is 5.73 Å². The van der Waals surface area contributed by atoms with Crippen molar-refractivity contribution in [3.63, 3.8) is 0 Å². The third kappa shape index (κ3) is 2.73. The van der Waals surface area contributed by atoms with E-state index >= 15 is 0 Å². The van der Waals surface area contributed by atoms with E-state index in [0.717, 1.165) is 6.20 Å². The van der Waals surface area contributed by atoms with Crippen molar-refractivity contribution in [2.75, 3.05) is 0 Å². The minimum atomic E-state index is -5.00. The van der Waals surface area contributed by atoms with Crippen molar-refractivity contribution < 1.29 is 22.0 Å². The zero-order chi connectivity index (χ0) is 13.9. The Morgan fingerprint density at radius 2 is 2.00 bits per heavy atom. The van der Waals surface area contributed by atoms with Gasteiger partial charge in [-0.25, -0.2) is 8.78 Å². The molecule has 0 aliphatic carbocycles. The Bertz CT molecular complexity index is 476. The van der Waals surface area contributed by atoms with Crippen molar-refractivity contribution in [3.8, 4) is 6.07 Å². The number of alkyl halides is 5. The molecule has 1 rings (SSSR count). The Balaban J connectivity index is 3.58. The van der Waals surface area contributed by atoms with Gasteiger partial charge in [-0.05, 0) is 11.1 Å². The lowest BCUT2D eigenvalue weighted by Gasteiger charge is -2.16. The zero-order valence-corrected chi connectivity index (χ0v) is 8.93. The van der Waals surface area contributed by atoms with Gasteiger partial charge in [0, 0.05) is 12.7 Å². The van der Waals surface area contributed by atoms with Crippen LogP contribution >= 0.6 is 0 Å². The van der Waals surface area contributed by atoms with Crippen LogP contribution in [0.4, 0.5) is 22.0 Å². The Kier molecular flexibility index (Phi) is 4.19. The van der Waals surface area contributed by atoms with Crippen molar-refractivity contribution in [1.82, 2.24) is 4.98 Å². The molecule has 0 amide bonds. The highest BCUT2D eigenvalue weighted by Crippen LogP contribution is 2.37. The number of pyridine rings is 1. The third-order valence-corrected chi connectivity index (χ3v) is 2.28. The first-order valence-electron chi connectivity index (χ1n) is 4.76. The molecule has 0 atom stereocenters. The van der Waals surface area contributed by atoms with Crippen LogP contribution in [0, 0.1) is 11.3 Å². The fourth-order valence-corrected chi connectivity index (χ4v) is 1.53. The van der Waals surface area contributed by atoms with Gasteiger partial charge in [0.2, 0.25) is 0 Å². The maximum Gasteiger partial charge on any atom is 0.433 e. The van der Waals surface area contributed by atoms with Gasteiger partial charge >= 0.3 is 6.18 Å². The van der Waals surface area contributed by atoms with Crippen molar-refractivity contribution in [1.29, 1.82) is 5.26 Å². The predicted octanol–water partition coefficient (Wildman–Crippen LogP) is 2.56. The lowest BCUT2D eigenvalue weighted by molar-refractivity contribution is -0.143. The normalized spacial score (nSPS) is 11.7. The number of nitrogens with zero attached hydrogens (tertiary/aromatic N) is 2. The number of rotatable bonds is 3. The quantitative estimate of drug-likeness (QED) is 0.854. The molecule has 1 aromatic heterocycles. The molecule has 18 heavy (non-hydrogen) atoms. The van der Waals surface area contributed by atoms with Gasteiger partial charge in [-0.1, -0.05) is 0 Å². The summed E-state index contributed by atoms with van der Waals surface area (Å²) < 4.78 is 63.2. The molecule has 8 heteroatoms. The number of hydrogen-bond acceptors (Lipinski definition) is 3. The molecule has 1 heterocycles. The molecule has 2 N–H and O–H groups in total. The summed E-state index contributed by atoms with van der Waals surface area (Å²) in [5, 5.41) is 8.50. The third-order valence-electron chi connectivity index (χ3n) is 2.28. The summed E-state index contributed by atoms with van der Waals surface area (Å²) in [5.41, 5.74) is 1.93. The molecule has 0 aromatic carbocycles. The van der Waals surface area contributed by atoms with Crippen LogP contribution in [0.3, 0.4) is 0 Å². The van der Waals surface area contributed by atoms with E-state index in [1.54, 1.807) is 6.07 Å². The Morgan fingerprint density at radius 3 is 2.39 bits per heavy atom. The standard InChI is InChI=1S/C10H8F5N3/c11-9(12)7-6(1-2-16)5(3-17)4-18-8(7)10(13,14)15/h4,9H,1,3,17H2. The van der Waals surface area contributed by atoms with Crippen LogP contribution in [0.25, 0.3) is 0 Å². The summed E-state index contributed by atoms with van der Waals surface area (Å²) in [6.45, 7) is -0.262. The van der Waals surface area contributed by atoms with E-state index in [2.05, 4.69) is 4.98 Å². The van der Waals surface area contributed by atoms with Crippen molar-refractivity contribution in [3.05, 3.63) is 28.6 Å². The van der Waals surface area contributed by atoms with Crippen molar-refractivity contribution >= 4 is 0 Å². The first-order chi connectivity index (χ1) is 8.32. The zero-order valence-electron chi connectivity index (χ0n) is 8.93. The van der Waals surface area contributed by atoms with E-state index < -0.39 is 35.8 Å². The average molecular weight is 265 g/mol. The molecular weight excluding hydrogens is 257 g/mol. The summed E-state index contributed by atoms with van der Waals surface area (Å²) in [5.74, 6) is 0. The van der Waals surface area contributed by atoms with Crippen molar-refractivity contribution in [2.45, 2.75) is 25.6 Å². The second-order valence-electron chi connectivity index (χ2n) is 3.36. The maximum absolute atomic E-state index is 12.8. The van der Waals surface area contributed by atoms with Crippen molar-refractivity contribution in [2.24, 2.45) is 5.73 Å². The highest BCUT2D eigenvalue weighted by Gasteiger charge is 2.39. The summed E-state index contributed by atoms with van der Waals surface area (Å²) in [7, 11) is 0. The van der Waals surface area contributed by atoms with Gasteiger partial charge in [0.1, 0.15) is 0 Å². The first-order valence-corrected chi connectivity index (χ1v) is 4.76. The number of nitriles is 1. The van der Waals surface area contributed by atoms with Gasteiger partial charge in [0.15, 0.2) is 5.69 Å². The van der Waals surface area contributed by atoms with Gasteiger partial charge in [0.05, 0.1) is 18.1 Å². The molecular formula is C10H8F5N3. The van der Waals surface area contributed by atoms with Crippen LogP contribution in [0.1, 0.15) is 28.8 Å². The number of halogens is 5. The molecule has 3 nitrogen and oxygen atoms in total. The lowest BCUT2D eigenvalue weighted by Crippen LogP contribution is -2.17. The average Bonchev–Trinajstić information content (AvgIpc) is 2.27. The largest absolute Gasteiger partial charge is 0.433 e. The van der Waals surface area contributed by atoms with Crippen LogP contribution in [0.2, 0.25) is 0 Å². The summed E-state index contributed by atoms with van der Waals surface area (Å²) in [6, 6.07) is 1.55. The monoisotopic (exact) mass is 265 g/mol. The summed E-state index contributed by atoms with van der Waals surface area (Å²) in [4.78, 5) is 2.99. The number of hydrogen-bond donors (Lipinski definition) is 1. The highest BCUT2D eigenvalue weighted by atomic mass is 19.4.